The third-order valence-corrected chi connectivity index (χ3v) is 8.44. The van der Waals surface area contributed by atoms with Crippen LogP contribution in [0.3, 0.4) is 0 Å². The molecule has 1 aliphatic rings. The molecule has 2 aromatic heterocycles. The molecule has 0 bridgehead atoms. The van der Waals surface area contributed by atoms with Crippen molar-refractivity contribution in [2.45, 2.75) is 37.1 Å². The first-order valence-electron chi connectivity index (χ1n) is 12.7. The van der Waals surface area contributed by atoms with E-state index < -0.39 is 10.2 Å². The average Bonchev–Trinajstić information content (AvgIpc) is 3.31. The molecular formula is C30H26FN3O3S. The van der Waals surface area contributed by atoms with Gasteiger partial charge in [-0.05, 0) is 85.4 Å². The van der Waals surface area contributed by atoms with E-state index in [4.69, 9.17) is 6.42 Å². The van der Waals surface area contributed by atoms with Gasteiger partial charge in [-0.25, -0.2) is 0 Å². The van der Waals surface area contributed by atoms with Gasteiger partial charge in [0, 0.05) is 27.9 Å². The summed E-state index contributed by atoms with van der Waals surface area (Å²) in [6, 6.07) is 15.6. The molecule has 6 rings (SSSR count). The fourth-order valence-corrected chi connectivity index (χ4v) is 6.28. The third-order valence-electron chi connectivity index (χ3n) is 7.62. The summed E-state index contributed by atoms with van der Waals surface area (Å²) in [7, 11) is -4.86. The van der Waals surface area contributed by atoms with Crippen molar-refractivity contribution in [2.75, 3.05) is 13.1 Å². The predicted molar refractivity (Wildman–Crippen MR) is 150 cm³/mol. The van der Waals surface area contributed by atoms with Gasteiger partial charge in [0.1, 0.15) is 5.65 Å². The van der Waals surface area contributed by atoms with E-state index in [0.29, 0.717) is 22.8 Å². The molecule has 0 unspecified atom stereocenters. The van der Waals surface area contributed by atoms with E-state index in [2.05, 4.69) is 20.8 Å². The first kappa shape index (κ1) is 24.4. The Morgan fingerprint density at radius 1 is 1.08 bits per heavy atom. The van der Waals surface area contributed by atoms with Crippen molar-refractivity contribution in [3.05, 3.63) is 75.9 Å². The molecule has 3 aromatic carbocycles. The maximum absolute atomic E-state index is 14.0. The predicted octanol–water partition coefficient (Wildman–Crippen LogP) is 5.43. The number of halogens is 1. The number of fused-ring (bicyclic) bond motifs is 4. The number of rotatable bonds is 4. The summed E-state index contributed by atoms with van der Waals surface area (Å²) in [6.45, 7) is 3.70. The Balaban J connectivity index is 1.74. The largest absolute Gasteiger partial charge is 0.340 e. The van der Waals surface area contributed by atoms with Crippen LogP contribution < -0.4 is 10.7 Å². The normalized spacial score (nSPS) is 14.9. The zero-order chi connectivity index (χ0) is 26.6. The van der Waals surface area contributed by atoms with Crippen molar-refractivity contribution in [3.8, 4) is 23.5 Å². The van der Waals surface area contributed by atoms with E-state index >= 15 is 0 Å². The van der Waals surface area contributed by atoms with Gasteiger partial charge in [0.2, 0.25) is 0 Å². The summed E-state index contributed by atoms with van der Waals surface area (Å²) < 4.78 is 39.3. The highest BCUT2D eigenvalue weighted by Crippen LogP contribution is 2.36. The number of pyridine rings is 1. The number of nitrogens with one attached hydrogen (secondary N) is 2. The van der Waals surface area contributed by atoms with Gasteiger partial charge in [-0.2, -0.15) is 8.42 Å². The SMILES string of the molecule is C#Cc1ccc2c(c1)[nH]c1c2c(=O)c2cc(CC)c(-c3cccc(S(=O)(=O)F)c3)cc2n1C1CCNCC1. The lowest BCUT2D eigenvalue weighted by atomic mass is 9.94. The fourth-order valence-electron chi connectivity index (χ4n) is 5.77. The Morgan fingerprint density at radius 3 is 2.58 bits per heavy atom. The van der Waals surface area contributed by atoms with Crippen LogP contribution in [-0.4, -0.2) is 31.1 Å². The highest BCUT2D eigenvalue weighted by Gasteiger charge is 2.24. The molecule has 0 atom stereocenters. The quantitative estimate of drug-likeness (QED) is 0.241. The monoisotopic (exact) mass is 527 g/mol. The van der Waals surface area contributed by atoms with Gasteiger partial charge in [0.05, 0.1) is 15.8 Å². The van der Waals surface area contributed by atoms with Gasteiger partial charge >= 0.3 is 10.2 Å². The second-order valence-electron chi connectivity index (χ2n) is 9.78. The summed E-state index contributed by atoms with van der Waals surface area (Å²) in [5.74, 6) is 2.66. The first-order chi connectivity index (χ1) is 18.3. The summed E-state index contributed by atoms with van der Waals surface area (Å²) in [6.07, 6.45) is 8.02. The second-order valence-corrected chi connectivity index (χ2v) is 11.1. The summed E-state index contributed by atoms with van der Waals surface area (Å²) >= 11 is 0. The van der Waals surface area contributed by atoms with Crippen molar-refractivity contribution >= 4 is 43.1 Å². The molecule has 3 heterocycles. The number of aromatic nitrogens is 2. The molecule has 1 fully saturated rings. The Morgan fingerprint density at radius 2 is 1.87 bits per heavy atom. The lowest BCUT2D eigenvalue weighted by molar-refractivity contribution is 0.381. The molecule has 8 heteroatoms. The molecule has 1 saturated heterocycles. The lowest BCUT2D eigenvalue weighted by Gasteiger charge is -2.28. The van der Waals surface area contributed by atoms with Crippen molar-refractivity contribution in [2.24, 2.45) is 0 Å². The number of nitrogens with zero attached hydrogens (tertiary/aromatic N) is 1. The number of hydrogen-bond donors (Lipinski definition) is 2. The molecule has 0 aliphatic carbocycles. The maximum atomic E-state index is 14.0. The Hall–Kier alpha value is -3.93. The topological polar surface area (TPSA) is 84.0 Å². The molecule has 2 N–H and O–H groups in total. The van der Waals surface area contributed by atoms with Crippen molar-refractivity contribution < 1.29 is 12.3 Å². The van der Waals surface area contributed by atoms with Crippen molar-refractivity contribution in [1.82, 2.24) is 14.9 Å². The van der Waals surface area contributed by atoms with E-state index in [-0.39, 0.29) is 16.4 Å². The minimum Gasteiger partial charge on any atom is -0.340 e. The van der Waals surface area contributed by atoms with Crippen LogP contribution in [0.1, 0.15) is 36.9 Å². The van der Waals surface area contributed by atoms with E-state index in [0.717, 1.165) is 64.7 Å². The van der Waals surface area contributed by atoms with E-state index in [9.17, 15) is 17.1 Å². The van der Waals surface area contributed by atoms with Crippen LogP contribution in [0.25, 0.3) is 44.0 Å². The highest BCUT2D eigenvalue weighted by molar-refractivity contribution is 7.86. The number of benzene rings is 3. The number of aromatic amines is 1. The number of aryl methyl sites for hydroxylation is 1. The Labute approximate surface area is 219 Å². The number of terminal acetylenes is 1. The van der Waals surface area contributed by atoms with Crippen molar-refractivity contribution in [3.63, 3.8) is 0 Å². The van der Waals surface area contributed by atoms with Crippen LogP contribution in [0.15, 0.2) is 64.3 Å². The minimum absolute atomic E-state index is 0.0683. The zero-order valence-corrected chi connectivity index (χ0v) is 21.7. The zero-order valence-electron chi connectivity index (χ0n) is 20.8. The molecule has 5 aromatic rings. The van der Waals surface area contributed by atoms with Crippen LogP contribution in [0.5, 0.6) is 0 Å². The smallest absolute Gasteiger partial charge is 0.332 e. The average molecular weight is 528 g/mol. The molecule has 0 amide bonds. The van der Waals surface area contributed by atoms with Crippen LogP contribution in [-0.2, 0) is 16.6 Å². The summed E-state index contributed by atoms with van der Waals surface area (Å²) in [5.41, 5.74) is 5.22. The summed E-state index contributed by atoms with van der Waals surface area (Å²) in [5, 5.41) is 5.48. The van der Waals surface area contributed by atoms with Crippen LogP contribution in [0.4, 0.5) is 3.89 Å². The fraction of sp³-hybridized carbons (Fsp3) is 0.233. The molecular weight excluding hydrogens is 501 g/mol. The number of H-pyrrole nitrogens is 1. The molecule has 192 valence electrons. The van der Waals surface area contributed by atoms with Gasteiger partial charge in [-0.15, -0.1) is 10.3 Å². The maximum Gasteiger partial charge on any atom is 0.332 e. The van der Waals surface area contributed by atoms with Crippen molar-refractivity contribution in [1.29, 1.82) is 0 Å². The van der Waals surface area contributed by atoms with Gasteiger partial charge in [0.25, 0.3) is 0 Å². The second kappa shape index (κ2) is 9.12. The molecule has 1 aliphatic heterocycles. The standard InChI is InChI=1S/C30H26FN3O3S/c1-3-18-8-9-23-26(14-18)33-30-28(23)29(35)25-16-19(4-2)24(20-6-5-7-22(15-20)38(31,36)37)17-27(25)34(30)21-10-12-32-13-11-21/h1,5-9,14-17,21,32-33H,4,10-13H2,2H3. The van der Waals surface area contributed by atoms with Crippen LogP contribution in [0, 0.1) is 12.3 Å². The van der Waals surface area contributed by atoms with Gasteiger partial charge in [-0.1, -0.05) is 31.0 Å². The lowest BCUT2D eigenvalue weighted by Crippen LogP contribution is -2.30. The molecule has 38 heavy (non-hydrogen) atoms. The van der Waals surface area contributed by atoms with E-state index in [1.165, 1.54) is 18.2 Å². The van der Waals surface area contributed by atoms with Gasteiger partial charge in [-0.3, -0.25) is 4.79 Å². The van der Waals surface area contributed by atoms with Crippen LogP contribution >= 0.6 is 0 Å². The molecule has 0 spiro atoms. The molecule has 6 nitrogen and oxygen atoms in total. The number of hydrogen-bond acceptors (Lipinski definition) is 4. The highest BCUT2D eigenvalue weighted by atomic mass is 32.3. The minimum atomic E-state index is -4.86. The number of piperidine rings is 1. The Bertz CT molecular complexity index is 1960. The Kier molecular flexibility index (Phi) is 5.86. The van der Waals surface area contributed by atoms with Gasteiger partial charge < -0.3 is 14.9 Å². The van der Waals surface area contributed by atoms with Crippen LogP contribution in [0.2, 0.25) is 0 Å². The molecule has 0 radical (unpaired) electrons. The summed E-state index contributed by atoms with van der Waals surface area (Å²) in [4.78, 5) is 17.1. The first-order valence-corrected chi connectivity index (χ1v) is 14.1. The van der Waals surface area contributed by atoms with E-state index in [1.54, 1.807) is 6.07 Å². The van der Waals surface area contributed by atoms with E-state index in [1.807, 2.05) is 37.3 Å². The van der Waals surface area contributed by atoms with Gasteiger partial charge in [0.15, 0.2) is 5.43 Å². The molecule has 0 saturated carbocycles. The third kappa shape index (κ3) is 3.90.